The van der Waals surface area contributed by atoms with Gasteiger partial charge in [0.2, 0.25) is 0 Å². The van der Waals surface area contributed by atoms with Gasteiger partial charge in [-0.15, -0.1) is 0 Å². The standard InChI is InChI=1S/C14H9IN2O2/c15-10-6-2-1-4-8(10)13-16-11-7-3-5-9(14(18)19)12(11)17-13/h1-7H,(H,16,17)(H,18,19). The first-order chi connectivity index (χ1) is 9.16. The zero-order valence-electron chi connectivity index (χ0n) is 9.72. The number of H-pyrrole nitrogens is 1. The molecule has 0 amide bonds. The Morgan fingerprint density at radius 3 is 2.68 bits per heavy atom. The number of halogens is 1. The van der Waals surface area contributed by atoms with E-state index in [9.17, 15) is 4.79 Å². The number of aromatic nitrogens is 2. The summed E-state index contributed by atoms with van der Waals surface area (Å²) in [6.07, 6.45) is 0. The van der Waals surface area contributed by atoms with Crippen molar-refractivity contribution in [1.82, 2.24) is 9.97 Å². The first kappa shape index (κ1) is 12.2. The number of carboxylic acid groups (broad SMARTS) is 1. The summed E-state index contributed by atoms with van der Waals surface area (Å²) in [6.45, 7) is 0. The highest BCUT2D eigenvalue weighted by Crippen LogP contribution is 2.26. The maximum Gasteiger partial charge on any atom is 0.337 e. The predicted octanol–water partition coefficient (Wildman–Crippen LogP) is 3.53. The molecule has 2 aromatic carbocycles. The van der Waals surface area contributed by atoms with Crippen LogP contribution in [0.15, 0.2) is 42.5 Å². The SMILES string of the molecule is O=C(O)c1cccc2[nH]c(-c3ccccc3I)nc12. The van der Waals surface area contributed by atoms with Gasteiger partial charge in [0.15, 0.2) is 0 Å². The molecular weight excluding hydrogens is 355 g/mol. The molecule has 0 atom stereocenters. The summed E-state index contributed by atoms with van der Waals surface area (Å²) in [5.74, 6) is -0.278. The monoisotopic (exact) mass is 364 g/mol. The number of para-hydroxylation sites is 1. The lowest BCUT2D eigenvalue weighted by Gasteiger charge is -1.98. The predicted molar refractivity (Wildman–Crippen MR) is 81.2 cm³/mol. The van der Waals surface area contributed by atoms with Crippen LogP contribution in [0, 0.1) is 3.57 Å². The van der Waals surface area contributed by atoms with Gasteiger partial charge in [0, 0.05) is 9.13 Å². The molecule has 0 aliphatic rings. The van der Waals surface area contributed by atoms with Crippen LogP contribution in [0.3, 0.4) is 0 Å². The second-order valence-corrected chi connectivity index (χ2v) is 5.23. The molecule has 0 aliphatic heterocycles. The number of imidazole rings is 1. The van der Waals surface area contributed by atoms with Crippen LogP contribution in [0.5, 0.6) is 0 Å². The topological polar surface area (TPSA) is 66.0 Å². The smallest absolute Gasteiger partial charge is 0.337 e. The average Bonchev–Trinajstić information content (AvgIpc) is 2.82. The fourth-order valence-electron chi connectivity index (χ4n) is 1.99. The molecule has 0 saturated carbocycles. The van der Waals surface area contributed by atoms with Crippen molar-refractivity contribution in [3.05, 3.63) is 51.6 Å². The lowest BCUT2D eigenvalue weighted by molar-refractivity contribution is 0.0699. The van der Waals surface area contributed by atoms with E-state index in [0.29, 0.717) is 11.3 Å². The largest absolute Gasteiger partial charge is 0.478 e. The minimum Gasteiger partial charge on any atom is -0.478 e. The van der Waals surface area contributed by atoms with E-state index in [2.05, 4.69) is 32.6 Å². The quantitative estimate of drug-likeness (QED) is 0.684. The first-order valence-corrected chi connectivity index (χ1v) is 6.71. The molecule has 2 N–H and O–H groups in total. The van der Waals surface area contributed by atoms with Gasteiger partial charge in [-0.1, -0.05) is 24.3 Å². The Morgan fingerprint density at radius 2 is 1.95 bits per heavy atom. The summed E-state index contributed by atoms with van der Waals surface area (Å²) < 4.78 is 1.07. The van der Waals surface area contributed by atoms with E-state index in [-0.39, 0.29) is 5.56 Å². The van der Waals surface area contributed by atoms with Gasteiger partial charge in [0.05, 0.1) is 11.1 Å². The summed E-state index contributed by atoms with van der Waals surface area (Å²) in [6, 6.07) is 12.9. The molecular formula is C14H9IN2O2. The van der Waals surface area contributed by atoms with Crippen molar-refractivity contribution in [1.29, 1.82) is 0 Å². The zero-order valence-corrected chi connectivity index (χ0v) is 11.9. The minimum atomic E-state index is -0.966. The van der Waals surface area contributed by atoms with Gasteiger partial charge in [0.1, 0.15) is 11.3 Å². The fourth-order valence-corrected chi connectivity index (χ4v) is 2.63. The number of nitrogens with zero attached hydrogens (tertiary/aromatic N) is 1. The summed E-state index contributed by atoms with van der Waals surface area (Å²) in [5.41, 5.74) is 2.40. The molecule has 94 valence electrons. The molecule has 0 spiro atoms. The molecule has 0 unspecified atom stereocenters. The van der Waals surface area contributed by atoms with Crippen LogP contribution in [0.1, 0.15) is 10.4 Å². The number of hydrogen-bond donors (Lipinski definition) is 2. The van der Waals surface area contributed by atoms with Crippen LogP contribution in [-0.4, -0.2) is 21.0 Å². The van der Waals surface area contributed by atoms with Gasteiger partial charge >= 0.3 is 5.97 Å². The molecule has 0 radical (unpaired) electrons. The molecule has 0 saturated heterocycles. The highest BCUT2D eigenvalue weighted by atomic mass is 127. The molecule has 5 heteroatoms. The van der Waals surface area contributed by atoms with Crippen molar-refractivity contribution in [2.24, 2.45) is 0 Å². The van der Waals surface area contributed by atoms with Crippen molar-refractivity contribution >= 4 is 39.6 Å². The molecule has 4 nitrogen and oxygen atoms in total. The van der Waals surface area contributed by atoms with E-state index in [1.807, 2.05) is 30.3 Å². The normalized spacial score (nSPS) is 10.8. The van der Waals surface area contributed by atoms with E-state index in [4.69, 9.17) is 5.11 Å². The second-order valence-electron chi connectivity index (χ2n) is 4.07. The Morgan fingerprint density at radius 1 is 1.16 bits per heavy atom. The Bertz CT molecular complexity index is 780. The zero-order chi connectivity index (χ0) is 13.4. The number of aromatic amines is 1. The number of aromatic carboxylic acids is 1. The molecule has 3 rings (SSSR count). The summed E-state index contributed by atoms with van der Waals surface area (Å²) >= 11 is 2.23. The Labute approximate surface area is 122 Å². The Balaban J connectivity index is 2.26. The van der Waals surface area contributed by atoms with E-state index >= 15 is 0 Å². The number of nitrogens with one attached hydrogen (secondary N) is 1. The lowest BCUT2D eigenvalue weighted by Crippen LogP contribution is -1.96. The van der Waals surface area contributed by atoms with E-state index in [1.54, 1.807) is 12.1 Å². The van der Waals surface area contributed by atoms with Crippen LogP contribution in [0.4, 0.5) is 0 Å². The van der Waals surface area contributed by atoms with Crippen LogP contribution in [0.2, 0.25) is 0 Å². The third-order valence-electron chi connectivity index (χ3n) is 2.87. The third kappa shape index (κ3) is 2.10. The first-order valence-electron chi connectivity index (χ1n) is 5.64. The van der Waals surface area contributed by atoms with Crippen LogP contribution in [0.25, 0.3) is 22.4 Å². The van der Waals surface area contributed by atoms with Crippen LogP contribution >= 0.6 is 22.6 Å². The summed E-state index contributed by atoms with van der Waals surface area (Å²) in [4.78, 5) is 18.8. The molecule has 3 aromatic rings. The Hall–Kier alpha value is -1.89. The number of carbonyl (C=O) groups is 1. The molecule has 1 aromatic heterocycles. The number of fused-ring (bicyclic) bond motifs is 1. The fraction of sp³-hybridized carbons (Fsp3) is 0. The van der Waals surface area contributed by atoms with Gasteiger partial charge in [-0.2, -0.15) is 0 Å². The van der Waals surface area contributed by atoms with Gasteiger partial charge in [-0.25, -0.2) is 9.78 Å². The Kier molecular flexibility index (Phi) is 2.98. The number of benzene rings is 2. The van der Waals surface area contributed by atoms with Crippen molar-refractivity contribution in [3.8, 4) is 11.4 Å². The highest BCUT2D eigenvalue weighted by Gasteiger charge is 2.14. The minimum absolute atomic E-state index is 0.214. The van der Waals surface area contributed by atoms with Gasteiger partial charge in [-0.05, 0) is 40.8 Å². The molecule has 0 fully saturated rings. The van der Waals surface area contributed by atoms with Gasteiger partial charge in [-0.3, -0.25) is 0 Å². The number of hydrogen-bond acceptors (Lipinski definition) is 2. The van der Waals surface area contributed by atoms with E-state index < -0.39 is 5.97 Å². The van der Waals surface area contributed by atoms with Crippen molar-refractivity contribution in [2.45, 2.75) is 0 Å². The maximum absolute atomic E-state index is 11.2. The van der Waals surface area contributed by atoms with E-state index in [1.165, 1.54) is 0 Å². The van der Waals surface area contributed by atoms with Crippen LogP contribution < -0.4 is 0 Å². The highest BCUT2D eigenvalue weighted by molar-refractivity contribution is 14.1. The van der Waals surface area contributed by atoms with Crippen molar-refractivity contribution in [3.63, 3.8) is 0 Å². The van der Waals surface area contributed by atoms with Crippen molar-refractivity contribution in [2.75, 3.05) is 0 Å². The maximum atomic E-state index is 11.2. The lowest BCUT2D eigenvalue weighted by atomic mass is 10.2. The molecule has 19 heavy (non-hydrogen) atoms. The third-order valence-corrected chi connectivity index (χ3v) is 3.81. The number of carboxylic acids is 1. The second kappa shape index (κ2) is 4.65. The molecule has 1 heterocycles. The van der Waals surface area contributed by atoms with Gasteiger partial charge in [0.25, 0.3) is 0 Å². The summed E-state index contributed by atoms with van der Waals surface area (Å²) in [7, 11) is 0. The van der Waals surface area contributed by atoms with Crippen molar-refractivity contribution < 1.29 is 9.90 Å². The molecule has 0 bridgehead atoms. The molecule has 0 aliphatic carbocycles. The summed E-state index contributed by atoms with van der Waals surface area (Å²) in [5, 5.41) is 9.16. The van der Waals surface area contributed by atoms with E-state index in [0.717, 1.165) is 14.7 Å². The van der Waals surface area contributed by atoms with Crippen LogP contribution in [-0.2, 0) is 0 Å². The average molecular weight is 364 g/mol. The number of rotatable bonds is 2. The van der Waals surface area contributed by atoms with Gasteiger partial charge < -0.3 is 10.1 Å².